The van der Waals surface area contributed by atoms with Gasteiger partial charge in [0.05, 0.1) is 32.6 Å². The Labute approximate surface area is 122 Å². The summed E-state index contributed by atoms with van der Waals surface area (Å²) in [6.45, 7) is 3.18. The molecule has 1 aromatic heterocycles. The van der Waals surface area contributed by atoms with E-state index in [9.17, 15) is 30.3 Å². The molecule has 0 aliphatic rings. The van der Waals surface area contributed by atoms with Crippen LogP contribution >= 0.6 is 0 Å². The molecule has 0 aliphatic heterocycles. The quantitative estimate of drug-likeness (QED) is 0.621. The second-order valence-electron chi connectivity index (χ2n) is 4.44. The Morgan fingerprint density at radius 3 is 1.73 bits per heavy atom. The Kier molecular flexibility index (Phi) is 3.55. The molecule has 0 saturated heterocycles. The molecule has 1 heterocycles. The van der Waals surface area contributed by atoms with Gasteiger partial charge >= 0.3 is 11.4 Å². The van der Waals surface area contributed by atoms with Crippen LogP contribution in [-0.2, 0) is 0 Å². The van der Waals surface area contributed by atoms with E-state index in [2.05, 4.69) is 5.10 Å². The maximum absolute atomic E-state index is 11.2. The first-order valence-corrected chi connectivity index (χ1v) is 5.87. The fourth-order valence-corrected chi connectivity index (χ4v) is 2.05. The number of rotatable bonds is 4. The highest BCUT2D eigenvalue weighted by Crippen LogP contribution is 2.37. The maximum Gasteiger partial charge on any atom is 0.308 e. The third kappa shape index (κ3) is 2.46. The van der Waals surface area contributed by atoms with Gasteiger partial charge in [0.2, 0.25) is 5.69 Å². The third-order valence-corrected chi connectivity index (χ3v) is 2.88. The lowest BCUT2D eigenvalue weighted by Crippen LogP contribution is -2.08. The normalized spacial score (nSPS) is 10.5. The zero-order valence-corrected chi connectivity index (χ0v) is 11.4. The van der Waals surface area contributed by atoms with Gasteiger partial charge in [-0.1, -0.05) is 0 Å². The van der Waals surface area contributed by atoms with Crippen molar-refractivity contribution < 1.29 is 14.8 Å². The van der Waals surface area contributed by atoms with Crippen molar-refractivity contribution in [3.63, 3.8) is 0 Å². The number of aryl methyl sites for hydroxylation is 2. The molecule has 11 heteroatoms. The second-order valence-corrected chi connectivity index (χ2v) is 4.44. The number of aromatic nitrogens is 2. The number of non-ortho nitro benzene ring substituents is 1. The molecular weight excluding hydrogens is 298 g/mol. The van der Waals surface area contributed by atoms with E-state index in [4.69, 9.17) is 0 Å². The molecule has 0 saturated carbocycles. The summed E-state index contributed by atoms with van der Waals surface area (Å²) < 4.78 is 1.04. The van der Waals surface area contributed by atoms with E-state index in [-0.39, 0.29) is 0 Å². The molecule has 0 spiro atoms. The van der Waals surface area contributed by atoms with Gasteiger partial charge in [-0.05, 0) is 19.9 Å². The van der Waals surface area contributed by atoms with Gasteiger partial charge in [-0.3, -0.25) is 30.3 Å². The van der Waals surface area contributed by atoms with Crippen LogP contribution in [-0.4, -0.2) is 24.6 Å². The number of hydrogen-bond acceptors (Lipinski definition) is 7. The van der Waals surface area contributed by atoms with Gasteiger partial charge in [-0.15, -0.1) is 0 Å². The van der Waals surface area contributed by atoms with Gasteiger partial charge in [-0.2, -0.15) is 5.10 Å². The highest BCUT2D eigenvalue weighted by molar-refractivity contribution is 5.70. The van der Waals surface area contributed by atoms with E-state index >= 15 is 0 Å². The minimum atomic E-state index is -0.926. The van der Waals surface area contributed by atoms with Crippen LogP contribution in [0.15, 0.2) is 18.2 Å². The minimum absolute atomic E-state index is 0.411. The lowest BCUT2D eigenvalue weighted by Gasteiger charge is -2.06. The summed E-state index contributed by atoms with van der Waals surface area (Å²) in [6, 6.07) is 2.94. The van der Waals surface area contributed by atoms with Crippen molar-refractivity contribution in [2.45, 2.75) is 13.8 Å². The van der Waals surface area contributed by atoms with E-state index in [1.54, 1.807) is 19.9 Å². The number of nitro groups is 3. The molecular formula is C11H9N5O6. The molecule has 0 bridgehead atoms. The monoisotopic (exact) mass is 307 g/mol. The fraction of sp³-hybridized carbons (Fsp3) is 0.182. The van der Waals surface area contributed by atoms with E-state index in [0.717, 1.165) is 4.68 Å². The van der Waals surface area contributed by atoms with E-state index in [0.29, 0.717) is 23.5 Å². The second kappa shape index (κ2) is 5.20. The summed E-state index contributed by atoms with van der Waals surface area (Å²) in [4.78, 5) is 30.4. The lowest BCUT2D eigenvalue weighted by molar-refractivity contribution is -0.402. The molecule has 1 aromatic carbocycles. The molecule has 0 fully saturated rings. The highest BCUT2D eigenvalue weighted by atomic mass is 16.6. The Balaban J connectivity index is 2.91. The van der Waals surface area contributed by atoms with Gasteiger partial charge in [0.1, 0.15) is 0 Å². The number of hydrogen-bond donors (Lipinski definition) is 0. The molecule has 0 amide bonds. The highest BCUT2D eigenvalue weighted by Gasteiger charge is 2.33. The average Bonchev–Trinajstić information content (AvgIpc) is 2.75. The Hall–Kier alpha value is -3.37. The van der Waals surface area contributed by atoms with Crippen LogP contribution in [0.2, 0.25) is 0 Å². The molecule has 114 valence electrons. The van der Waals surface area contributed by atoms with Gasteiger partial charge < -0.3 is 0 Å². The van der Waals surface area contributed by atoms with Crippen LogP contribution in [0.25, 0.3) is 5.69 Å². The minimum Gasteiger partial charge on any atom is -0.258 e. The van der Waals surface area contributed by atoms with Gasteiger partial charge in [0.25, 0.3) is 5.69 Å². The smallest absolute Gasteiger partial charge is 0.258 e. The van der Waals surface area contributed by atoms with Crippen LogP contribution in [0.3, 0.4) is 0 Å². The van der Waals surface area contributed by atoms with Crippen molar-refractivity contribution in [3.05, 3.63) is 59.9 Å². The summed E-state index contributed by atoms with van der Waals surface area (Å²) in [6.07, 6.45) is 0. The first kappa shape index (κ1) is 15.0. The fourth-order valence-electron chi connectivity index (χ4n) is 2.05. The Morgan fingerprint density at radius 1 is 0.909 bits per heavy atom. The summed E-state index contributed by atoms with van der Waals surface area (Å²) >= 11 is 0. The molecule has 2 aromatic rings. The van der Waals surface area contributed by atoms with Gasteiger partial charge in [0, 0.05) is 5.69 Å². The first-order valence-electron chi connectivity index (χ1n) is 5.87. The summed E-state index contributed by atoms with van der Waals surface area (Å²) in [5, 5.41) is 37.2. The topological polar surface area (TPSA) is 147 Å². The molecule has 22 heavy (non-hydrogen) atoms. The van der Waals surface area contributed by atoms with Crippen molar-refractivity contribution in [1.29, 1.82) is 0 Å². The predicted octanol–water partition coefficient (Wildman–Crippen LogP) is 2.21. The van der Waals surface area contributed by atoms with Gasteiger partial charge in [-0.25, -0.2) is 4.68 Å². The maximum atomic E-state index is 11.2. The zero-order valence-electron chi connectivity index (χ0n) is 11.4. The number of benzene rings is 1. The van der Waals surface area contributed by atoms with Crippen LogP contribution in [0.4, 0.5) is 17.1 Å². The van der Waals surface area contributed by atoms with Crippen molar-refractivity contribution in [2.24, 2.45) is 0 Å². The van der Waals surface area contributed by atoms with Crippen molar-refractivity contribution in [1.82, 2.24) is 9.78 Å². The largest absolute Gasteiger partial charge is 0.308 e. The summed E-state index contributed by atoms with van der Waals surface area (Å²) in [5.74, 6) is 0. The Morgan fingerprint density at radius 2 is 1.41 bits per heavy atom. The molecule has 11 nitrogen and oxygen atoms in total. The zero-order chi connectivity index (χ0) is 16.6. The summed E-state index contributed by atoms with van der Waals surface area (Å²) in [7, 11) is 0. The average molecular weight is 307 g/mol. The molecule has 0 N–H and O–H groups in total. The number of nitrogens with zero attached hydrogens (tertiary/aromatic N) is 5. The molecule has 0 radical (unpaired) electrons. The number of nitro benzene ring substituents is 3. The van der Waals surface area contributed by atoms with Crippen LogP contribution in [0.1, 0.15) is 11.4 Å². The standard InChI is InChI=1S/C11H9N5O6/c1-6-3-7(2)13(12-6)11-9(15(19)20)4-8(14(17)18)5-10(11)16(21)22/h3-5H,1-2H3. The molecule has 2 rings (SSSR count). The van der Waals surface area contributed by atoms with Crippen molar-refractivity contribution in [2.75, 3.05) is 0 Å². The molecule has 0 atom stereocenters. The predicted molar refractivity (Wildman–Crippen MR) is 73.0 cm³/mol. The lowest BCUT2D eigenvalue weighted by atomic mass is 10.2. The van der Waals surface area contributed by atoms with Crippen molar-refractivity contribution in [3.8, 4) is 5.69 Å². The first-order chi connectivity index (χ1) is 10.2. The van der Waals surface area contributed by atoms with E-state index in [1.807, 2.05) is 0 Å². The Bertz CT molecular complexity index is 776. The SMILES string of the molecule is Cc1cc(C)n(-c2c([N+](=O)[O-])cc([N+](=O)[O-])cc2[N+](=O)[O-])n1. The summed E-state index contributed by atoms with van der Waals surface area (Å²) in [5.41, 5.74) is -1.73. The van der Waals surface area contributed by atoms with Crippen LogP contribution < -0.4 is 0 Å². The van der Waals surface area contributed by atoms with Crippen molar-refractivity contribution >= 4 is 17.1 Å². The van der Waals surface area contributed by atoms with E-state index < -0.39 is 37.5 Å². The van der Waals surface area contributed by atoms with E-state index in [1.165, 1.54) is 0 Å². The van der Waals surface area contributed by atoms with Gasteiger partial charge in [0.15, 0.2) is 0 Å². The molecule has 0 aliphatic carbocycles. The molecule has 0 unspecified atom stereocenters. The van der Waals surface area contributed by atoms with Crippen LogP contribution in [0.5, 0.6) is 0 Å². The third-order valence-electron chi connectivity index (χ3n) is 2.88. The van der Waals surface area contributed by atoms with Crippen LogP contribution in [0, 0.1) is 44.2 Å².